The second-order valence-electron chi connectivity index (χ2n) is 16.5. The number of nitrogens with zero attached hydrogens (tertiary/aromatic N) is 2. The van der Waals surface area contributed by atoms with E-state index in [9.17, 15) is 0 Å². The van der Waals surface area contributed by atoms with Crippen molar-refractivity contribution in [3.63, 3.8) is 0 Å². The molecule has 63 heavy (non-hydrogen) atoms. The molecule has 0 aliphatic carbocycles. The van der Waals surface area contributed by atoms with Crippen molar-refractivity contribution in [1.29, 1.82) is 0 Å². The summed E-state index contributed by atoms with van der Waals surface area (Å²) in [6.07, 6.45) is 0. The largest absolute Gasteiger partial charge is 0.309 e. The first-order valence-electron chi connectivity index (χ1n) is 21.8. The molecule has 0 amide bonds. The van der Waals surface area contributed by atoms with E-state index in [0.29, 0.717) is 0 Å². The van der Waals surface area contributed by atoms with Gasteiger partial charge in [-0.1, -0.05) is 206 Å². The normalized spacial score (nSPS) is 11.8. The average molecular weight is 819 g/mol. The lowest BCUT2D eigenvalue weighted by Crippen LogP contribution is -2.74. The van der Waals surface area contributed by atoms with Gasteiger partial charge in [0.15, 0.2) is 8.07 Å². The molecule has 0 bridgehead atoms. The van der Waals surface area contributed by atoms with Gasteiger partial charge in [-0.05, 0) is 86.0 Å². The predicted octanol–water partition coefficient (Wildman–Crippen LogP) is 12.6. The smallest absolute Gasteiger partial charge is 0.179 e. The van der Waals surface area contributed by atoms with E-state index in [1.807, 2.05) is 0 Å². The third-order valence-electron chi connectivity index (χ3n) is 13.1. The van der Waals surface area contributed by atoms with Crippen LogP contribution in [0.2, 0.25) is 0 Å². The fraction of sp³-hybridized carbons (Fsp3) is 0. The van der Waals surface area contributed by atoms with Crippen molar-refractivity contribution in [3.8, 4) is 33.6 Å². The van der Waals surface area contributed by atoms with Crippen LogP contribution < -0.4 is 20.7 Å². The number of fused-ring (bicyclic) bond motifs is 6. The quantitative estimate of drug-likeness (QED) is 0.107. The van der Waals surface area contributed by atoms with Crippen molar-refractivity contribution >= 4 is 72.4 Å². The molecular weight excluding hydrogens is 777 g/mol. The molecule has 0 aliphatic rings. The first-order valence-corrected chi connectivity index (χ1v) is 23.8. The SMILES string of the molecule is c1ccc(-c2ccc(-n3c4ccccc4c4cc(-n5c6ccccc6c6cc([Si](c7ccccc7)(c7ccccc7)c7ccccc7)ccc65)ccc43)c(-c3ccccc3)c2)cc1. The Labute approximate surface area is 368 Å². The van der Waals surface area contributed by atoms with Gasteiger partial charge in [0.1, 0.15) is 0 Å². The topological polar surface area (TPSA) is 9.86 Å². The Bertz CT molecular complexity index is 3500. The number of hydrogen-bond donors (Lipinski definition) is 0. The van der Waals surface area contributed by atoms with E-state index in [2.05, 4.69) is 264 Å². The van der Waals surface area contributed by atoms with Crippen molar-refractivity contribution in [2.24, 2.45) is 0 Å². The molecule has 0 saturated carbocycles. The number of benzene rings is 10. The Hall–Kier alpha value is -7.98. The molecule has 0 atom stereocenters. The average Bonchev–Trinajstić information content (AvgIpc) is 3.88. The van der Waals surface area contributed by atoms with Crippen LogP contribution in [-0.2, 0) is 0 Å². The molecule has 0 aliphatic heterocycles. The van der Waals surface area contributed by atoms with E-state index in [4.69, 9.17) is 0 Å². The minimum Gasteiger partial charge on any atom is -0.309 e. The first kappa shape index (κ1) is 36.8. The van der Waals surface area contributed by atoms with Gasteiger partial charge in [0, 0.05) is 32.8 Å². The van der Waals surface area contributed by atoms with Crippen molar-refractivity contribution in [2.45, 2.75) is 0 Å². The number of rotatable bonds is 8. The lowest BCUT2D eigenvalue weighted by atomic mass is 9.97. The summed E-state index contributed by atoms with van der Waals surface area (Å²) < 4.78 is 4.94. The summed E-state index contributed by atoms with van der Waals surface area (Å²) in [5.74, 6) is 0. The maximum atomic E-state index is 2.52. The molecule has 0 spiro atoms. The molecule has 0 N–H and O–H groups in total. The van der Waals surface area contributed by atoms with Crippen molar-refractivity contribution in [3.05, 3.63) is 255 Å². The van der Waals surface area contributed by atoms with Crippen molar-refractivity contribution in [1.82, 2.24) is 9.13 Å². The minimum atomic E-state index is -2.74. The van der Waals surface area contributed by atoms with Gasteiger partial charge in [-0.2, -0.15) is 0 Å². The summed E-state index contributed by atoms with van der Waals surface area (Å²) >= 11 is 0. The number of aromatic nitrogens is 2. The molecule has 0 saturated heterocycles. The van der Waals surface area contributed by atoms with Crippen LogP contribution in [0.3, 0.4) is 0 Å². The molecule has 0 unspecified atom stereocenters. The lowest BCUT2D eigenvalue weighted by molar-refractivity contribution is 1.17. The van der Waals surface area contributed by atoms with Crippen LogP contribution in [0.5, 0.6) is 0 Å². The molecule has 2 aromatic heterocycles. The van der Waals surface area contributed by atoms with Crippen LogP contribution in [0.1, 0.15) is 0 Å². The van der Waals surface area contributed by atoms with E-state index in [1.165, 1.54) is 86.6 Å². The summed E-state index contributed by atoms with van der Waals surface area (Å²) in [5, 5.41) is 10.4. The third kappa shape index (κ3) is 5.93. The van der Waals surface area contributed by atoms with E-state index in [0.717, 1.165) is 11.4 Å². The fourth-order valence-electron chi connectivity index (χ4n) is 10.3. The predicted molar refractivity (Wildman–Crippen MR) is 270 cm³/mol. The van der Waals surface area contributed by atoms with Crippen LogP contribution in [0.25, 0.3) is 77.2 Å². The molecule has 10 aromatic carbocycles. The van der Waals surface area contributed by atoms with Crippen molar-refractivity contribution < 1.29 is 0 Å². The highest BCUT2D eigenvalue weighted by Gasteiger charge is 2.41. The zero-order valence-electron chi connectivity index (χ0n) is 34.6. The second kappa shape index (κ2) is 15.2. The number of para-hydroxylation sites is 2. The van der Waals surface area contributed by atoms with E-state index >= 15 is 0 Å². The fourth-order valence-corrected chi connectivity index (χ4v) is 15.1. The molecule has 0 fully saturated rings. The molecular formula is C60H42N2Si. The van der Waals surface area contributed by atoms with Gasteiger partial charge in [0.05, 0.1) is 27.8 Å². The zero-order chi connectivity index (χ0) is 41.7. The van der Waals surface area contributed by atoms with Crippen LogP contribution in [0, 0.1) is 0 Å². The van der Waals surface area contributed by atoms with Gasteiger partial charge in [0.2, 0.25) is 0 Å². The minimum absolute atomic E-state index is 1.14. The standard InChI is InChI=1S/C60H42N2Si/c1-6-20-43(21-7-1)45-34-37-58(53(40-45)44-22-8-2-9-23-44)62-57-33-19-17-30-51(57)54-41-46(35-38-60(54)62)61-56-32-18-16-31-52(56)55-42-50(36-39-59(55)61)63(47-24-10-3-11-25-47,48-26-12-4-13-27-48)49-28-14-5-15-29-49/h1-42H. The maximum absolute atomic E-state index is 2.74. The van der Waals surface area contributed by atoms with Crippen LogP contribution in [0.15, 0.2) is 255 Å². The van der Waals surface area contributed by atoms with E-state index < -0.39 is 8.07 Å². The lowest BCUT2D eigenvalue weighted by Gasteiger charge is -2.34. The van der Waals surface area contributed by atoms with Crippen molar-refractivity contribution in [2.75, 3.05) is 0 Å². The van der Waals surface area contributed by atoms with Crippen LogP contribution in [-0.4, -0.2) is 17.2 Å². The third-order valence-corrected chi connectivity index (χ3v) is 17.8. The highest BCUT2D eigenvalue weighted by molar-refractivity contribution is 7.20. The molecule has 2 nitrogen and oxygen atoms in total. The Morgan fingerprint density at radius 2 is 0.698 bits per heavy atom. The molecule has 0 radical (unpaired) electrons. The highest BCUT2D eigenvalue weighted by Crippen LogP contribution is 2.40. The number of hydrogen-bond acceptors (Lipinski definition) is 0. The summed E-state index contributed by atoms with van der Waals surface area (Å²) in [4.78, 5) is 0. The molecule has 296 valence electrons. The molecule has 12 rings (SSSR count). The summed E-state index contributed by atoms with van der Waals surface area (Å²) in [5.41, 5.74) is 11.9. The molecule has 3 heteroatoms. The van der Waals surface area contributed by atoms with Gasteiger partial charge >= 0.3 is 0 Å². The van der Waals surface area contributed by atoms with Gasteiger partial charge in [0.25, 0.3) is 0 Å². The summed E-state index contributed by atoms with van der Waals surface area (Å²) in [7, 11) is -2.74. The molecule has 12 aromatic rings. The maximum Gasteiger partial charge on any atom is 0.179 e. The molecule has 2 heterocycles. The van der Waals surface area contributed by atoms with E-state index in [-0.39, 0.29) is 0 Å². The second-order valence-corrected chi connectivity index (χ2v) is 20.3. The first-order chi connectivity index (χ1) is 31.3. The van der Waals surface area contributed by atoms with Gasteiger partial charge < -0.3 is 9.13 Å². The Balaban J connectivity index is 1.08. The zero-order valence-corrected chi connectivity index (χ0v) is 35.6. The summed E-state index contributed by atoms with van der Waals surface area (Å²) in [6.45, 7) is 0. The van der Waals surface area contributed by atoms with Gasteiger partial charge in [-0.25, -0.2) is 0 Å². The Morgan fingerprint density at radius 1 is 0.254 bits per heavy atom. The Kier molecular flexibility index (Phi) is 8.87. The Morgan fingerprint density at radius 3 is 1.29 bits per heavy atom. The van der Waals surface area contributed by atoms with E-state index in [1.54, 1.807) is 0 Å². The highest BCUT2D eigenvalue weighted by atomic mass is 28.3. The van der Waals surface area contributed by atoms with Crippen LogP contribution in [0.4, 0.5) is 0 Å². The summed E-state index contributed by atoms with van der Waals surface area (Å²) in [6, 6.07) is 94.2. The monoisotopic (exact) mass is 818 g/mol. The van der Waals surface area contributed by atoms with Gasteiger partial charge in [-0.15, -0.1) is 0 Å². The van der Waals surface area contributed by atoms with Gasteiger partial charge in [-0.3, -0.25) is 0 Å². The van der Waals surface area contributed by atoms with Crippen LogP contribution >= 0.6 is 0 Å².